The third-order valence-corrected chi connectivity index (χ3v) is 3.95. The van der Waals surface area contributed by atoms with Gasteiger partial charge in [-0.2, -0.15) is 0 Å². The Morgan fingerprint density at radius 2 is 2.00 bits per heavy atom. The summed E-state index contributed by atoms with van der Waals surface area (Å²) in [6.45, 7) is 10.7. The summed E-state index contributed by atoms with van der Waals surface area (Å²) in [5.41, 5.74) is 0.880. The van der Waals surface area contributed by atoms with Crippen molar-refractivity contribution in [3.63, 3.8) is 0 Å². The Hall–Kier alpha value is -1.26. The Balaban J connectivity index is 2.34. The topological polar surface area (TPSA) is 44.7 Å². The lowest BCUT2D eigenvalue weighted by atomic mass is 10.1. The van der Waals surface area contributed by atoms with Crippen molar-refractivity contribution in [2.45, 2.75) is 46.2 Å². The Labute approximate surface area is 129 Å². The Morgan fingerprint density at radius 1 is 1.29 bits per heavy atom. The first-order chi connectivity index (χ1) is 10.1. The Kier molecular flexibility index (Phi) is 8.16. The van der Waals surface area contributed by atoms with Crippen LogP contribution < -0.4 is 10.1 Å². The van der Waals surface area contributed by atoms with Gasteiger partial charge in [0.25, 0.3) is 0 Å². The van der Waals surface area contributed by atoms with E-state index in [0.29, 0.717) is 18.3 Å². The molecule has 0 spiro atoms. The molecule has 2 N–H and O–H groups in total. The van der Waals surface area contributed by atoms with E-state index in [1.807, 2.05) is 12.1 Å². The van der Waals surface area contributed by atoms with E-state index in [0.717, 1.165) is 31.6 Å². The fourth-order valence-corrected chi connectivity index (χ4v) is 2.42. The first-order valence-electron chi connectivity index (χ1n) is 7.92. The van der Waals surface area contributed by atoms with Crippen molar-refractivity contribution >= 4 is 0 Å². The lowest BCUT2D eigenvalue weighted by Gasteiger charge is -2.20. The molecule has 1 rings (SSSR count). The number of nitrogens with one attached hydrogen (secondary N) is 1. The van der Waals surface area contributed by atoms with E-state index in [1.165, 1.54) is 6.42 Å². The number of phenolic OH excluding ortho intramolecular Hbond substituents is 1. The van der Waals surface area contributed by atoms with Crippen molar-refractivity contribution in [2.24, 2.45) is 0 Å². The summed E-state index contributed by atoms with van der Waals surface area (Å²) in [4.78, 5) is 2.45. The fourth-order valence-electron chi connectivity index (χ4n) is 2.42. The van der Waals surface area contributed by atoms with Crippen molar-refractivity contribution < 1.29 is 9.84 Å². The number of aromatic hydroxyl groups is 1. The minimum atomic E-state index is 0.239. The molecule has 0 aliphatic carbocycles. The summed E-state index contributed by atoms with van der Waals surface area (Å²) in [7, 11) is 1.57. The third-order valence-electron chi connectivity index (χ3n) is 3.95. The molecule has 120 valence electrons. The number of phenols is 1. The molecule has 0 saturated carbocycles. The molecule has 1 atom stereocenters. The third kappa shape index (κ3) is 5.94. The van der Waals surface area contributed by atoms with Crippen molar-refractivity contribution in [2.75, 3.05) is 26.7 Å². The van der Waals surface area contributed by atoms with E-state index in [-0.39, 0.29) is 5.75 Å². The van der Waals surface area contributed by atoms with Crippen LogP contribution in [0, 0.1) is 0 Å². The van der Waals surface area contributed by atoms with Crippen LogP contribution in [-0.4, -0.2) is 42.8 Å². The minimum absolute atomic E-state index is 0.239. The highest BCUT2D eigenvalue weighted by atomic mass is 16.5. The van der Waals surface area contributed by atoms with Crippen LogP contribution in [0.1, 0.15) is 39.2 Å². The molecule has 4 nitrogen and oxygen atoms in total. The summed E-state index contributed by atoms with van der Waals surface area (Å²) in [6.07, 6.45) is 2.33. The van der Waals surface area contributed by atoms with Crippen LogP contribution in [0.2, 0.25) is 0 Å². The molecule has 0 amide bonds. The normalized spacial score (nSPS) is 12.6. The van der Waals surface area contributed by atoms with Gasteiger partial charge in [0.15, 0.2) is 11.5 Å². The highest BCUT2D eigenvalue weighted by Gasteiger charge is 2.09. The lowest BCUT2D eigenvalue weighted by Crippen LogP contribution is -2.28. The second-order valence-electron chi connectivity index (χ2n) is 5.42. The number of benzene rings is 1. The summed E-state index contributed by atoms with van der Waals surface area (Å²) >= 11 is 0. The first kappa shape index (κ1) is 17.8. The maximum absolute atomic E-state index is 10.0. The van der Waals surface area contributed by atoms with E-state index >= 15 is 0 Å². The highest BCUT2D eigenvalue weighted by Crippen LogP contribution is 2.29. The van der Waals surface area contributed by atoms with Crippen LogP contribution in [0.5, 0.6) is 11.5 Å². The molecule has 4 heteroatoms. The van der Waals surface area contributed by atoms with Gasteiger partial charge in [-0.3, -0.25) is 0 Å². The van der Waals surface area contributed by atoms with Crippen LogP contribution in [0.15, 0.2) is 18.2 Å². The van der Waals surface area contributed by atoms with E-state index in [2.05, 4.69) is 31.0 Å². The van der Waals surface area contributed by atoms with Crippen molar-refractivity contribution in [3.8, 4) is 11.5 Å². The predicted octanol–water partition coefficient (Wildman–Crippen LogP) is 3.00. The molecule has 0 radical (unpaired) electrons. The zero-order chi connectivity index (χ0) is 15.7. The van der Waals surface area contributed by atoms with E-state index in [1.54, 1.807) is 13.2 Å². The van der Waals surface area contributed by atoms with Gasteiger partial charge in [0.2, 0.25) is 0 Å². The Bertz CT molecular complexity index is 406. The number of para-hydroxylation sites is 1. The Morgan fingerprint density at radius 3 is 2.62 bits per heavy atom. The number of nitrogens with zero attached hydrogens (tertiary/aromatic N) is 1. The van der Waals surface area contributed by atoms with Crippen LogP contribution in [-0.2, 0) is 6.54 Å². The van der Waals surface area contributed by atoms with Crippen molar-refractivity contribution in [1.82, 2.24) is 10.2 Å². The van der Waals surface area contributed by atoms with Gasteiger partial charge in [-0.15, -0.1) is 0 Å². The van der Waals surface area contributed by atoms with Gasteiger partial charge in [-0.1, -0.05) is 26.0 Å². The molecule has 1 aromatic carbocycles. The second kappa shape index (κ2) is 9.64. The quantitative estimate of drug-likeness (QED) is 0.696. The van der Waals surface area contributed by atoms with Gasteiger partial charge in [0, 0.05) is 18.2 Å². The van der Waals surface area contributed by atoms with Gasteiger partial charge in [0.05, 0.1) is 7.11 Å². The van der Waals surface area contributed by atoms with Gasteiger partial charge >= 0.3 is 0 Å². The largest absolute Gasteiger partial charge is 0.504 e. The summed E-state index contributed by atoms with van der Waals surface area (Å²) < 4.78 is 5.13. The SMILES string of the molecule is CCN(CC)CCCC(C)NCc1cccc(OC)c1O. The number of methoxy groups -OCH3 is 1. The average molecular weight is 294 g/mol. The van der Waals surface area contributed by atoms with Crippen LogP contribution in [0.4, 0.5) is 0 Å². The van der Waals surface area contributed by atoms with Gasteiger partial charge in [-0.25, -0.2) is 0 Å². The highest BCUT2D eigenvalue weighted by molar-refractivity contribution is 5.45. The molecule has 0 bridgehead atoms. The lowest BCUT2D eigenvalue weighted by molar-refractivity contribution is 0.290. The smallest absolute Gasteiger partial charge is 0.162 e. The number of hydrogen-bond acceptors (Lipinski definition) is 4. The van der Waals surface area contributed by atoms with Crippen molar-refractivity contribution in [3.05, 3.63) is 23.8 Å². The molecule has 0 heterocycles. The molecule has 0 aromatic heterocycles. The minimum Gasteiger partial charge on any atom is -0.504 e. The predicted molar refractivity (Wildman–Crippen MR) is 88.0 cm³/mol. The molecule has 0 fully saturated rings. The monoisotopic (exact) mass is 294 g/mol. The van der Waals surface area contributed by atoms with Crippen LogP contribution in [0.25, 0.3) is 0 Å². The van der Waals surface area contributed by atoms with Gasteiger partial charge in [0.1, 0.15) is 0 Å². The molecule has 21 heavy (non-hydrogen) atoms. The molecule has 0 aliphatic rings. The number of rotatable bonds is 10. The standard InChI is InChI=1S/C17H30N2O2/c1-5-19(6-2)12-8-9-14(3)18-13-15-10-7-11-16(21-4)17(15)20/h7,10-11,14,18,20H,5-6,8-9,12-13H2,1-4H3. The molecule has 1 aromatic rings. The maximum Gasteiger partial charge on any atom is 0.162 e. The second-order valence-corrected chi connectivity index (χ2v) is 5.42. The molecular formula is C17H30N2O2. The van der Waals surface area contributed by atoms with Gasteiger partial charge < -0.3 is 20.1 Å². The summed E-state index contributed by atoms with van der Waals surface area (Å²) in [5, 5.41) is 13.5. The molecule has 0 aliphatic heterocycles. The maximum atomic E-state index is 10.0. The summed E-state index contributed by atoms with van der Waals surface area (Å²) in [5.74, 6) is 0.770. The summed E-state index contributed by atoms with van der Waals surface area (Å²) in [6, 6.07) is 6.03. The van der Waals surface area contributed by atoms with Crippen LogP contribution >= 0.6 is 0 Å². The van der Waals surface area contributed by atoms with Gasteiger partial charge in [-0.05, 0) is 45.5 Å². The van der Waals surface area contributed by atoms with Crippen molar-refractivity contribution in [1.29, 1.82) is 0 Å². The number of hydrogen-bond donors (Lipinski definition) is 2. The van der Waals surface area contributed by atoms with Crippen LogP contribution in [0.3, 0.4) is 0 Å². The van der Waals surface area contributed by atoms with E-state index in [9.17, 15) is 5.11 Å². The zero-order valence-corrected chi connectivity index (χ0v) is 13.9. The van der Waals surface area contributed by atoms with E-state index in [4.69, 9.17) is 4.74 Å². The molecular weight excluding hydrogens is 264 g/mol. The molecule has 0 saturated heterocycles. The zero-order valence-electron chi connectivity index (χ0n) is 13.9. The first-order valence-corrected chi connectivity index (χ1v) is 7.92. The average Bonchev–Trinajstić information content (AvgIpc) is 2.50. The molecule has 1 unspecified atom stereocenters. The fraction of sp³-hybridized carbons (Fsp3) is 0.647. The van der Waals surface area contributed by atoms with E-state index < -0.39 is 0 Å². The number of ether oxygens (including phenoxy) is 1.